The predicted molar refractivity (Wildman–Crippen MR) is 69.4 cm³/mol. The van der Waals surface area contributed by atoms with Crippen LogP contribution in [-0.2, 0) is 4.79 Å². The molecule has 4 nitrogen and oxygen atoms in total. The Kier molecular flexibility index (Phi) is 5.49. The molecule has 0 bridgehead atoms. The smallest absolute Gasteiger partial charge is 0.238 e. The first kappa shape index (κ1) is 13.5. The maximum Gasteiger partial charge on any atom is 0.238 e. The highest BCUT2D eigenvalue weighted by atomic mass is 16.5. The first-order valence-corrected chi connectivity index (χ1v) is 5.83. The predicted octanol–water partition coefficient (Wildman–Crippen LogP) is 2.02. The molecule has 1 rings (SSSR count). The van der Waals surface area contributed by atoms with Gasteiger partial charge in [-0.05, 0) is 37.6 Å². The van der Waals surface area contributed by atoms with E-state index in [1.165, 1.54) is 0 Å². The quantitative estimate of drug-likeness (QED) is 0.794. The second kappa shape index (κ2) is 6.91. The Morgan fingerprint density at radius 3 is 2.53 bits per heavy atom. The van der Waals surface area contributed by atoms with E-state index in [1.54, 1.807) is 7.11 Å². The molecular formula is C13H20N2O2. The molecule has 0 aliphatic carbocycles. The molecule has 0 fully saturated rings. The van der Waals surface area contributed by atoms with Crippen LogP contribution < -0.4 is 15.4 Å². The van der Waals surface area contributed by atoms with Crippen LogP contribution >= 0.6 is 0 Å². The molecule has 1 aromatic carbocycles. The fourth-order valence-electron chi connectivity index (χ4n) is 1.29. The van der Waals surface area contributed by atoms with Crippen LogP contribution in [0.1, 0.15) is 20.3 Å². The van der Waals surface area contributed by atoms with E-state index in [0.717, 1.165) is 17.9 Å². The number of carbonyl (C=O) groups excluding carboxylic acids is 1. The van der Waals surface area contributed by atoms with Gasteiger partial charge in [-0.1, -0.05) is 6.92 Å². The number of anilines is 1. The molecule has 0 aliphatic rings. The lowest BCUT2D eigenvalue weighted by Gasteiger charge is -2.11. The standard InChI is InChI=1S/C13H20N2O2/c1-4-10(2)14-9-13(16)15-11-5-7-12(17-3)8-6-11/h5-8,10,14H,4,9H2,1-3H3,(H,15,16). The summed E-state index contributed by atoms with van der Waals surface area (Å²) in [6.07, 6.45) is 1.01. The summed E-state index contributed by atoms with van der Waals surface area (Å²) in [5.74, 6) is 0.746. The summed E-state index contributed by atoms with van der Waals surface area (Å²) >= 11 is 0. The van der Waals surface area contributed by atoms with Crippen molar-refractivity contribution in [2.75, 3.05) is 19.0 Å². The van der Waals surface area contributed by atoms with Gasteiger partial charge in [0.25, 0.3) is 0 Å². The second-order valence-electron chi connectivity index (χ2n) is 3.97. The molecule has 0 aliphatic heterocycles. The van der Waals surface area contributed by atoms with Crippen molar-refractivity contribution in [1.82, 2.24) is 5.32 Å². The molecule has 4 heteroatoms. The van der Waals surface area contributed by atoms with Crippen LogP contribution in [0.15, 0.2) is 24.3 Å². The van der Waals surface area contributed by atoms with Crippen molar-refractivity contribution in [2.45, 2.75) is 26.3 Å². The van der Waals surface area contributed by atoms with Gasteiger partial charge in [0.15, 0.2) is 0 Å². The van der Waals surface area contributed by atoms with E-state index in [0.29, 0.717) is 12.6 Å². The Bertz CT molecular complexity index is 349. The van der Waals surface area contributed by atoms with Gasteiger partial charge in [0.05, 0.1) is 13.7 Å². The van der Waals surface area contributed by atoms with Gasteiger partial charge < -0.3 is 15.4 Å². The SMILES string of the molecule is CCC(C)NCC(=O)Nc1ccc(OC)cc1. The van der Waals surface area contributed by atoms with E-state index in [1.807, 2.05) is 24.3 Å². The third kappa shape index (κ3) is 4.87. The zero-order valence-corrected chi connectivity index (χ0v) is 10.6. The molecule has 1 atom stereocenters. The monoisotopic (exact) mass is 236 g/mol. The molecule has 0 spiro atoms. The third-order valence-corrected chi connectivity index (χ3v) is 2.60. The minimum Gasteiger partial charge on any atom is -0.497 e. The van der Waals surface area contributed by atoms with E-state index in [4.69, 9.17) is 4.74 Å². The number of carbonyl (C=O) groups is 1. The highest BCUT2D eigenvalue weighted by molar-refractivity contribution is 5.92. The number of hydrogen-bond donors (Lipinski definition) is 2. The van der Waals surface area contributed by atoms with Gasteiger partial charge in [-0.15, -0.1) is 0 Å². The lowest BCUT2D eigenvalue weighted by Crippen LogP contribution is -2.33. The van der Waals surface area contributed by atoms with Gasteiger partial charge >= 0.3 is 0 Å². The molecule has 0 saturated heterocycles. The molecule has 1 amide bonds. The van der Waals surface area contributed by atoms with Crippen molar-refractivity contribution in [1.29, 1.82) is 0 Å². The number of rotatable bonds is 6. The van der Waals surface area contributed by atoms with Crippen LogP contribution in [-0.4, -0.2) is 25.6 Å². The average molecular weight is 236 g/mol. The van der Waals surface area contributed by atoms with Gasteiger partial charge in [0.2, 0.25) is 5.91 Å². The van der Waals surface area contributed by atoms with Crippen molar-refractivity contribution in [2.24, 2.45) is 0 Å². The Morgan fingerprint density at radius 2 is 2.00 bits per heavy atom. The van der Waals surface area contributed by atoms with Crippen molar-refractivity contribution in [3.63, 3.8) is 0 Å². The van der Waals surface area contributed by atoms with Crippen LogP contribution in [0.25, 0.3) is 0 Å². The molecule has 0 heterocycles. The van der Waals surface area contributed by atoms with Crippen LogP contribution in [0.4, 0.5) is 5.69 Å². The zero-order chi connectivity index (χ0) is 12.7. The number of amides is 1. The summed E-state index contributed by atoms with van der Waals surface area (Å²) < 4.78 is 5.04. The summed E-state index contributed by atoms with van der Waals surface area (Å²) in [4.78, 5) is 11.6. The number of benzene rings is 1. The molecule has 17 heavy (non-hydrogen) atoms. The van der Waals surface area contributed by atoms with Crippen molar-refractivity contribution in [3.05, 3.63) is 24.3 Å². The van der Waals surface area contributed by atoms with Gasteiger partial charge in [-0.2, -0.15) is 0 Å². The minimum absolute atomic E-state index is 0.0320. The van der Waals surface area contributed by atoms with Crippen LogP contribution in [0.5, 0.6) is 5.75 Å². The molecule has 0 radical (unpaired) electrons. The Labute approximate surface area is 102 Å². The molecule has 0 aromatic heterocycles. The molecule has 1 aromatic rings. The fourth-order valence-corrected chi connectivity index (χ4v) is 1.29. The van der Waals surface area contributed by atoms with E-state index in [2.05, 4.69) is 24.5 Å². The van der Waals surface area contributed by atoms with E-state index in [-0.39, 0.29) is 5.91 Å². The lowest BCUT2D eigenvalue weighted by atomic mass is 10.2. The molecule has 94 valence electrons. The van der Waals surface area contributed by atoms with E-state index >= 15 is 0 Å². The Morgan fingerprint density at radius 1 is 1.35 bits per heavy atom. The average Bonchev–Trinajstić information content (AvgIpc) is 2.36. The first-order chi connectivity index (χ1) is 8.15. The lowest BCUT2D eigenvalue weighted by molar-refractivity contribution is -0.115. The largest absolute Gasteiger partial charge is 0.497 e. The number of ether oxygens (including phenoxy) is 1. The van der Waals surface area contributed by atoms with Crippen LogP contribution in [0, 0.1) is 0 Å². The number of methoxy groups -OCH3 is 1. The molecule has 0 saturated carbocycles. The summed E-state index contributed by atoms with van der Waals surface area (Å²) in [6.45, 7) is 4.47. The normalized spacial score (nSPS) is 11.9. The van der Waals surface area contributed by atoms with Crippen molar-refractivity contribution in [3.8, 4) is 5.75 Å². The minimum atomic E-state index is -0.0320. The topological polar surface area (TPSA) is 50.4 Å². The van der Waals surface area contributed by atoms with Crippen molar-refractivity contribution >= 4 is 11.6 Å². The zero-order valence-electron chi connectivity index (χ0n) is 10.6. The highest BCUT2D eigenvalue weighted by Gasteiger charge is 2.04. The second-order valence-corrected chi connectivity index (χ2v) is 3.97. The van der Waals surface area contributed by atoms with E-state index in [9.17, 15) is 4.79 Å². The summed E-state index contributed by atoms with van der Waals surface area (Å²) in [6, 6.07) is 7.63. The van der Waals surface area contributed by atoms with Crippen molar-refractivity contribution < 1.29 is 9.53 Å². The molecular weight excluding hydrogens is 216 g/mol. The van der Waals surface area contributed by atoms with Gasteiger partial charge in [-0.3, -0.25) is 4.79 Å². The summed E-state index contributed by atoms with van der Waals surface area (Å²) in [5, 5.41) is 5.95. The van der Waals surface area contributed by atoms with Gasteiger partial charge in [0, 0.05) is 11.7 Å². The number of hydrogen-bond acceptors (Lipinski definition) is 3. The van der Waals surface area contributed by atoms with Crippen LogP contribution in [0.3, 0.4) is 0 Å². The van der Waals surface area contributed by atoms with Gasteiger partial charge in [-0.25, -0.2) is 0 Å². The maximum atomic E-state index is 11.6. The Balaban J connectivity index is 2.39. The Hall–Kier alpha value is -1.55. The molecule has 1 unspecified atom stereocenters. The number of nitrogens with one attached hydrogen (secondary N) is 2. The third-order valence-electron chi connectivity index (χ3n) is 2.60. The van der Waals surface area contributed by atoms with Gasteiger partial charge in [0.1, 0.15) is 5.75 Å². The molecule has 2 N–H and O–H groups in total. The van der Waals surface area contributed by atoms with Crippen LogP contribution in [0.2, 0.25) is 0 Å². The first-order valence-electron chi connectivity index (χ1n) is 5.83. The van der Waals surface area contributed by atoms with E-state index < -0.39 is 0 Å². The fraction of sp³-hybridized carbons (Fsp3) is 0.462. The maximum absolute atomic E-state index is 11.6. The summed E-state index contributed by atoms with van der Waals surface area (Å²) in [5.41, 5.74) is 0.779. The summed E-state index contributed by atoms with van der Waals surface area (Å²) in [7, 11) is 1.61. The highest BCUT2D eigenvalue weighted by Crippen LogP contribution is 2.14.